The summed E-state index contributed by atoms with van der Waals surface area (Å²) in [6.07, 6.45) is 5.40. The summed E-state index contributed by atoms with van der Waals surface area (Å²) >= 11 is 0. The topological polar surface area (TPSA) is 55.3 Å². The first-order valence-corrected chi connectivity index (χ1v) is 9.47. The number of hydrogen-bond donors (Lipinski definition) is 1. The number of rotatable bonds is 6. The fourth-order valence-corrected chi connectivity index (χ4v) is 4.00. The molecule has 1 aliphatic carbocycles. The van der Waals surface area contributed by atoms with E-state index in [2.05, 4.69) is 17.1 Å². The summed E-state index contributed by atoms with van der Waals surface area (Å²) < 4.78 is 16.3. The normalized spacial score (nSPS) is 18.6. The van der Waals surface area contributed by atoms with Crippen LogP contribution in [0.3, 0.4) is 0 Å². The van der Waals surface area contributed by atoms with Gasteiger partial charge in [-0.3, -0.25) is 0 Å². The number of ether oxygens (including phenoxy) is 3. The lowest BCUT2D eigenvalue weighted by Gasteiger charge is -2.38. The number of nitrogens with one attached hydrogen (secondary N) is 1. The van der Waals surface area contributed by atoms with Crippen molar-refractivity contribution >= 4 is 5.96 Å². The number of aliphatic imine (C=N–C) groups is 1. The van der Waals surface area contributed by atoms with E-state index in [4.69, 9.17) is 19.2 Å². The van der Waals surface area contributed by atoms with Gasteiger partial charge in [0.1, 0.15) is 5.75 Å². The lowest BCUT2D eigenvalue weighted by Crippen LogP contribution is -2.42. The summed E-state index contributed by atoms with van der Waals surface area (Å²) in [5.41, 5.74) is 1.54. The largest absolute Gasteiger partial charge is 0.496 e. The van der Waals surface area contributed by atoms with Crippen LogP contribution < -0.4 is 19.5 Å². The number of guanidine groups is 1. The molecule has 0 aromatic heterocycles. The minimum atomic E-state index is 0.537. The van der Waals surface area contributed by atoms with Gasteiger partial charge >= 0.3 is 0 Å². The monoisotopic (exact) mass is 361 g/mol. The van der Waals surface area contributed by atoms with Crippen LogP contribution in [0.2, 0.25) is 0 Å². The van der Waals surface area contributed by atoms with Crippen molar-refractivity contribution in [2.24, 2.45) is 10.4 Å². The highest BCUT2D eigenvalue weighted by atomic mass is 16.5. The Morgan fingerprint density at radius 2 is 1.77 bits per heavy atom. The Labute approximate surface area is 156 Å². The number of nitrogens with zero attached hydrogens (tertiary/aromatic N) is 2. The summed E-state index contributed by atoms with van der Waals surface area (Å²) in [6, 6.07) is 3.80. The Balaban J connectivity index is 1.79. The molecule has 1 aromatic carbocycles. The summed E-state index contributed by atoms with van der Waals surface area (Å²) in [6.45, 7) is 5.74. The van der Waals surface area contributed by atoms with Crippen LogP contribution >= 0.6 is 0 Å². The fourth-order valence-electron chi connectivity index (χ4n) is 4.00. The van der Waals surface area contributed by atoms with Crippen molar-refractivity contribution in [1.82, 2.24) is 10.2 Å². The molecule has 0 bridgehead atoms. The second kappa shape index (κ2) is 8.06. The molecule has 1 N–H and O–H groups in total. The first kappa shape index (κ1) is 18.7. The van der Waals surface area contributed by atoms with Crippen LogP contribution in [0, 0.1) is 5.41 Å². The molecule has 1 heterocycles. The molecule has 0 atom stereocenters. The molecule has 1 saturated heterocycles. The molecular formula is C20H31N3O3. The zero-order valence-electron chi connectivity index (χ0n) is 16.4. The molecule has 0 unspecified atom stereocenters. The molecule has 0 radical (unpaired) electrons. The van der Waals surface area contributed by atoms with Crippen molar-refractivity contribution in [1.29, 1.82) is 0 Å². The second-order valence-corrected chi connectivity index (χ2v) is 7.21. The van der Waals surface area contributed by atoms with Gasteiger partial charge < -0.3 is 24.4 Å². The predicted octanol–water partition coefficient (Wildman–Crippen LogP) is 3.05. The van der Waals surface area contributed by atoms with E-state index in [0.717, 1.165) is 36.9 Å². The molecule has 26 heavy (non-hydrogen) atoms. The number of likely N-dealkylation sites (tertiary alicyclic amines) is 1. The maximum atomic E-state index is 5.53. The van der Waals surface area contributed by atoms with Crippen LogP contribution in [0.25, 0.3) is 0 Å². The van der Waals surface area contributed by atoms with Gasteiger partial charge in [0.05, 0.1) is 27.9 Å². The molecule has 6 nitrogen and oxygen atoms in total. The van der Waals surface area contributed by atoms with Gasteiger partial charge in [-0.15, -0.1) is 0 Å². The average Bonchev–Trinajstić information content (AvgIpc) is 3.10. The molecule has 1 aromatic rings. The third kappa shape index (κ3) is 3.69. The summed E-state index contributed by atoms with van der Waals surface area (Å²) in [7, 11) is 4.94. The molecule has 3 rings (SSSR count). The van der Waals surface area contributed by atoms with Crippen molar-refractivity contribution in [3.8, 4) is 17.2 Å². The van der Waals surface area contributed by atoms with E-state index in [1.54, 1.807) is 21.3 Å². The van der Waals surface area contributed by atoms with E-state index in [1.165, 1.54) is 25.7 Å². The molecule has 2 aliphatic rings. The van der Waals surface area contributed by atoms with Gasteiger partial charge in [-0.25, -0.2) is 4.99 Å². The van der Waals surface area contributed by atoms with Crippen molar-refractivity contribution in [3.05, 3.63) is 17.7 Å². The number of benzene rings is 1. The van der Waals surface area contributed by atoms with E-state index < -0.39 is 0 Å². The highest BCUT2D eigenvalue weighted by Gasteiger charge is 2.43. The Kier molecular flexibility index (Phi) is 5.79. The zero-order valence-corrected chi connectivity index (χ0v) is 16.4. The molecule has 1 spiro atoms. The number of hydrogen-bond acceptors (Lipinski definition) is 4. The molecule has 0 amide bonds. The van der Waals surface area contributed by atoms with Crippen LogP contribution in [0.1, 0.15) is 38.2 Å². The lowest BCUT2D eigenvalue weighted by atomic mass is 9.68. The van der Waals surface area contributed by atoms with Crippen LogP contribution in [-0.2, 0) is 6.54 Å². The van der Waals surface area contributed by atoms with Gasteiger partial charge in [0, 0.05) is 31.3 Å². The molecule has 2 fully saturated rings. The van der Waals surface area contributed by atoms with E-state index in [9.17, 15) is 0 Å². The maximum Gasteiger partial charge on any atom is 0.194 e. The molecule has 6 heteroatoms. The minimum Gasteiger partial charge on any atom is -0.496 e. The second-order valence-electron chi connectivity index (χ2n) is 7.21. The maximum absolute atomic E-state index is 5.53. The Hall–Kier alpha value is -2.11. The summed E-state index contributed by atoms with van der Waals surface area (Å²) in [5.74, 6) is 3.11. The molecule has 1 aliphatic heterocycles. The average molecular weight is 361 g/mol. The van der Waals surface area contributed by atoms with Gasteiger partial charge in [0.2, 0.25) is 0 Å². The van der Waals surface area contributed by atoms with E-state index in [0.29, 0.717) is 23.5 Å². The SMILES string of the molecule is CCNC(=NCc1cc(OC)c(OC)cc1OC)N1CCC2(CCC2)C1. The zero-order chi connectivity index (χ0) is 18.6. The van der Waals surface area contributed by atoms with Crippen LogP contribution in [0.5, 0.6) is 17.2 Å². The molecular weight excluding hydrogens is 330 g/mol. The third-order valence-corrected chi connectivity index (χ3v) is 5.67. The third-order valence-electron chi connectivity index (χ3n) is 5.67. The minimum absolute atomic E-state index is 0.537. The quantitative estimate of drug-likeness (QED) is 0.623. The lowest BCUT2D eigenvalue weighted by molar-refractivity contribution is 0.151. The fraction of sp³-hybridized carbons (Fsp3) is 0.650. The van der Waals surface area contributed by atoms with Gasteiger partial charge in [-0.2, -0.15) is 0 Å². The van der Waals surface area contributed by atoms with Crippen LogP contribution in [-0.4, -0.2) is 51.8 Å². The summed E-state index contributed by atoms with van der Waals surface area (Å²) in [4.78, 5) is 7.30. The Morgan fingerprint density at radius 1 is 1.08 bits per heavy atom. The first-order valence-electron chi connectivity index (χ1n) is 9.47. The van der Waals surface area contributed by atoms with Crippen LogP contribution in [0.4, 0.5) is 0 Å². The van der Waals surface area contributed by atoms with Gasteiger partial charge in [0.15, 0.2) is 17.5 Å². The van der Waals surface area contributed by atoms with Crippen molar-refractivity contribution in [2.75, 3.05) is 41.0 Å². The molecule has 1 saturated carbocycles. The first-order chi connectivity index (χ1) is 12.6. The van der Waals surface area contributed by atoms with Crippen molar-refractivity contribution in [3.63, 3.8) is 0 Å². The Morgan fingerprint density at radius 3 is 2.31 bits per heavy atom. The van der Waals surface area contributed by atoms with Gasteiger partial charge in [-0.05, 0) is 37.7 Å². The van der Waals surface area contributed by atoms with Crippen molar-refractivity contribution in [2.45, 2.75) is 39.2 Å². The Bertz CT molecular complexity index is 656. The van der Waals surface area contributed by atoms with Gasteiger partial charge in [-0.1, -0.05) is 6.42 Å². The highest BCUT2D eigenvalue weighted by molar-refractivity contribution is 5.80. The van der Waals surface area contributed by atoms with E-state index in [-0.39, 0.29) is 0 Å². The molecule has 144 valence electrons. The van der Waals surface area contributed by atoms with Gasteiger partial charge in [0.25, 0.3) is 0 Å². The summed E-state index contributed by atoms with van der Waals surface area (Å²) in [5, 5.41) is 3.45. The standard InChI is InChI=1S/C20H31N3O3/c1-5-21-19(23-10-9-20(14-23)7-6-8-20)22-13-15-11-17(25-3)18(26-4)12-16(15)24-2/h11-12H,5-10,13-14H2,1-4H3,(H,21,22). The predicted molar refractivity (Wildman–Crippen MR) is 103 cm³/mol. The smallest absolute Gasteiger partial charge is 0.194 e. The van der Waals surface area contributed by atoms with Crippen molar-refractivity contribution < 1.29 is 14.2 Å². The van der Waals surface area contributed by atoms with E-state index in [1.807, 2.05) is 12.1 Å². The highest BCUT2D eigenvalue weighted by Crippen LogP contribution is 2.47. The number of methoxy groups -OCH3 is 3. The van der Waals surface area contributed by atoms with E-state index >= 15 is 0 Å². The van der Waals surface area contributed by atoms with Crippen LogP contribution in [0.15, 0.2) is 17.1 Å².